The lowest BCUT2D eigenvalue weighted by molar-refractivity contribution is 0.0704. The van der Waals surface area contributed by atoms with Gasteiger partial charge >= 0.3 is 0 Å². The summed E-state index contributed by atoms with van der Waals surface area (Å²) in [6, 6.07) is 1.78. The molecule has 4 heterocycles. The Kier molecular flexibility index (Phi) is 5.48. The first kappa shape index (κ1) is 21.0. The smallest absolute Gasteiger partial charge is 0.257 e. The van der Waals surface area contributed by atoms with Crippen molar-refractivity contribution in [2.45, 2.75) is 64.8 Å². The van der Waals surface area contributed by atoms with Gasteiger partial charge in [-0.1, -0.05) is 0 Å². The molecule has 0 atom stereocenters. The fourth-order valence-corrected chi connectivity index (χ4v) is 5.65. The molecule has 0 unspecified atom stereocenters. The van der Waals surface area contributed by atoms with E-state index >= 15 is 0 Å². The number of furan rings is 1. The summed E-state index contributed by atoms with van der Waals surface area (Å²) in [5.74, 6) is 3.18. The maximum absolute atomic E-state index is 12.9. The summed E-state index contributed by atoms with van der Waals surface area (Å²) in [6.45, 7) is 9.73. The maximum Gasteiger partial charge on any atom is 0.257 e. The molecule has 1 fully saturated rings. The van der Waals surface area contributed by atoms with Gasteiger partial charge in [0.25, 0.3) is 5.91 Å². The van der Waals surface area contributed by atoms with Crippen LogP contribution in [-0.4, -0.2) is 63.2 Å². The fraction of sp³-hybridized carbons (Fsp3) is 0.650. The van der Waals surface area contributed by atoms with Crippen molar-refractivity contribution >= 4 is 15.9 Å². The predicted molar refractivity (Wildman–Crippen MR) is 111 cm³/mol. The van der Waals surface area contributed by atoms with Crippen LogP contribution < -0.4 is 0 Å². The summed E-state index contributed by atoms with van der Waals surface area (Å²) >= 11 is 0. The number of carbonyl (C=O) groups excluding carboxylic acids is 1. The Hall–Kier alpha value is -2.20. The highest BCUT2D eigenvalue weighted by Gasteiger charge is 2.34. The Morgan fingerprint density at radius 1 is 1.13 bits per heavy atom. The Bertz CT molecular complexity index is 1050. The minimum absolute atomic E-state index is 0.0487. The van der Waals surface area contributed by atoms with Crippen LogP contribution in [0.3, 0.4) is 0 Å². The Morgan fingerprint density at radius 3 is 2.43 bits per heavy atom. The average molecular weight is 436 g/mol. The third-order valence-corrected chi connectivity index (χ3v) is 8.39. The molecular formula is C20H29N5O4S. The van der Waals surface area contributed by atoms with Crippen LogP contribution in [0.5, 0.6) is 0 Å². The van der Waals surface area contributed by atoms with Gasteiger partial charge in [0.15, 0.2) is 5.82 Å². The molecule has 0 aromatic carbocycles. The molecular weight excluding hydrogens is 406 g/mol. The molecule has 0 spiro atoms. The first-order valence-corrected chi connectivity index (χ1v) is 12.0. The van der Waals surface area contributed by atoms with Crippen molar-refractivity contribution in [1.82, 2.24) is 24.0 Å². The fourth-order valence-electron chi connectivity index (χ4n) is 4.34. The van der Waals surface area contributed by atoms with Gasteiger partial charge in [-0.3, -0.25) is 4.79 Å². The summed E-state index contributed by atoms with van der Waals surface area (Å²) in [7, 11) is -3.22. The molecule has 0 radical (unpaired) electrons. The number of piperidine rings is 1. The molecule has 2 aromatic heterocycles. The maximum atomic E-state index is 12.9. The first-order valence-electron chi connectivity index (χ1n) is 10.5. The van der Waals surface area contributed by atoms with Crippen molar-refractivity contribution in [3.63, 3.8) is 0 Å². The molecule has 0 N–H and O–H groups in total. The standard InChI is InChI=1S/C20H29N5O4S/c1-13(2)30(27,28)24-7-5-16(6-8-24)19-22-21-18-12-23(9-10-25(18)19)20(26)17-11-14(3)29-15(17)4/h11,13,16H,5-10,12H2,1-4H3. The number of nitrogens with zero attached hydrogens (tertiary/aromatic N) is 5. The normalized spacial score (nSPS) is 18.8. The van der Waals surface area contributed by atoms with E-state index in [-0.39, 0.29) is 11.8 Å². The van der Waals surface area contributed by atoms with Crippen molar-refractivity contribution in [1.29, 1.82) is 0 Å². The molecule has 164 valence electrons. The van der Waals surface area contributed by atoms with Crippen molar-refractivity contribution in [3.05, 3.63) is 34.8 Å². The molecule has 1 saturated heterocycles. The summed E-state index contributed by atoms with van der Waals surface area (Å²) in [4.78, 5) is 14.7. The van der Waals surface area contributed by atoms with E-state index in [1.165, 1.54) is 0 Å². The van der Waals surface area contributed by atoms with Crippen LogP contribution in [0.25, 0.3) is 0 Å². The van der Waals surface area contributed by atoms with Crippen LogP contribution in [0, 0.1) is 13.8 Å². The number of fused-ring (bicyclic) bond motifs is 1. The van der Waals surface area contributed by atoms with Crippen molar-refractivity contribution in [3.8, 4) is 0 Å². The molecule has 0 bridgehead atoms. The molecule has 2 aliphatic heterocycles. The highest BCUT2D eigenvalue weighted by atomic mass is 32.2. The van der Waals surface area contributed by atoms with Crippen LogP contribution in [0.1, 0.15) is 66.1 Å². The number of aromatic nitrogens is 3. The third kappa shape index (κ3) is 3.66. The van der Waals surface area contributed by atoms with Gasteiger partial charge in [0, 0.05) is 32.1 Å². The van der Waals surface area contributed by atoms with Gasteiger partial charge < -0.3 is 13.9 Å². The van der Waals surface area contributed by atoms with Gasteiger partial charge in [0.05, 0.1) is 17.4 Å². The van der Waals surface area contributed by atoms with Gasteiger partial charge in [-0.25, -0.2) is 12.7 Å². The minimum atomic E-state index is -3.22. The van der Waals surface area contributed by atoms with Gasteiger partial charge in [0.1, 0.15) is 17.3 Å². The highest BCUT2D eigenvalue weighted by molar-refractivity contribution is 7.89. The summed E-state index contributed by atoms with van der Waals surface area (Å²) in [6.07, 6.45) is 1.47. The lowest BCUT2D eigenvalue weighted by atomic mass is 9.97. The van der Waals surface area contributed by atoms with Gasteiger partial charge in [-0.05, 0) is 46.6 Å². The predicted octanol–water partition coefficient (Wildman–Crippen LogP) is 2.06. The molecule has 2 aromatic rings. The van der Waals surface area contributed by atoms with Gasteiger partial charge in [-0.2, -0.15) is 0 Å². The zero-order chi connectivity index (χ0) is 21.6. The molecule has 9 nitrogen and oxygen atoms in total. The number of hydrogen-bond acceptors (Lipinski definition) is 6. The second-order valence-electron chi connectivity index (χ2n) is 8.45. The van der Waals surface area contributed by atoms with E-state index in [1.54, 1.807) is 36.0 Å². The highest BCUT2D eigenvalue weighted by Crippen LogP contribution is 2.30. The van der Waals surface area contributed by atoms with E-state index in [2.05, 4.69) is 14.8 Å². The SMILES string of the molecule is Cc1cc(C(=O)N2CCn3c(nnc3C3CCN(S(=O)(=O)C(C)C)CC3)C2)c(C)o1. The van der Waals surface area contributed by atoms with Crippen LogP contribution in [0.4, 0.5) is 0 Å². The molecule has 30 heavy (non-hydrogen) atoms. The lowest BCUT2D eigenvalue weighted by Crippen LogP contribution is -2.42. The lowest BCUT2D eigenvalue weighted by Gasteiger charge is -2.33. The van der Waals surface area contributed by atoms with Crippen LogP contribution >= 0.6 is 0 Å². The Labute approximate surface area is 177 Å². The van der Waals surface area contributed by atoms with E-state index in [0.717, 1.165) is 30.3 Å². The zero-order valence-corrected chi connectivity index (χ0v) is 18.8. The largest absolute Gasteiger partial charge is 0.466 e. The average Bonchev–Trinajstić information content (AvgIpc) is 3.29. The minimum Gasteiger partial charge on any atom is -0.466 e. The van der Waals surface area contributed by atoms with Crippen LogP contribution in [0.2, 0.25) is 0 Å². The molecule has 2 aliphatic rings. The number of sulfonamides is 1. The van der Waals surface area contributed by atoms with E-state index in [0.29, 0.717) is 44.0 Å². The molecule has 1 amide bonds. The number of amides is 1. The van der Waals surface area contributed by atoms with Gasteiger partial charge in [0.2, 0.25) is 10.0 Å². The van der Waals surface area contributed by atoms with Crippen LogP contribution in [-0.2, 0) is 23.1 Å². The summed E-state index contributed by atoms with van der Waals surface area (Å²) < 4.78 is 34.0. The van der Waals surface area contributed by atoms with Gasteiger partial charge in [-0.15, -0.1) is 10.2 Å². The number of aryl methyl sites for hydroxylation is 2. The quantitative estimate of drug-likeness (QED) is 0.729. The number of hydrogen-bond donors (Lipinski definition) is 0. The van der Waals surface area contributed by atoms with Crippen molar-refractivity contribution in [2.75, 3.05) is 19.6 Å². The summed E-state index contributed by atoms with van der Waals surface area (Å²) in [5.41, 5.74) is 0.597. The Balaban J connectivity index is 1.45. The topological polar surface area (TPSA) is 102 Å². The first-order chi connectivity index (χ1) is 14.2. The van der Waals surface area contributed by atoms with E-state index in [1.807, 2.05) is 6.92 Å². The second-order valence-corrected chi connectivity index (χ2v) is 10.9. The summed E-state index contributed by atoms with van der Waals surface area (Å²) in [5, 5.41) is 8.36. The van der Waals surface area contributed by atoms with Crippen molar-refractivity contribution < 1.29 is 17.6 Å². The van der Waals surface area contributed by atoms with Crippen LogP contribution in [0.15, 0.2) is 10.5 Å². The number of rotatable bonds is 4. The van der Waals surface area contributed by atoms with Crippen molar-refractivity contribution in [2.24, 2.45) is 0 Å². The monoisotopic (exact) mass is 435 g/mol. The molecule has 4 rings (SSSR count). The third-order valence-electron chi connectivity index (χ3n) is 6.12. The molecule has 10 heteroatoms. The zero-order valence-electron chi connectivity index (χ0n) is 18.0. The van der Waals surface area contributed by atoms with E-state index in [4.69, 9.17) is 4.42 Å². The second kappa shape index (κ2) is 7.81. The molecule has 0 saturated carbocycles. The number of carbonyl (C=O) groups is 1. The van der Waals surface area contributed by atoms with E-state index in [9.17, 15) is 13.2 Å². The Morgan fingerprint density at radius 2 is 1.83 bits per heavy atom. The molecule has 0 aliphatic carbocycles. The van der Waals surface area contributed by atoms with E-state index < -0.39 is 15.3 Å².